The van der Waals surface area contributed by atoms with Crippen molar-refractivity contribution in [1.29, 1.82) is 0 Å². The first-order chi connectivity index (χ1) is 13.6. The SMILES string of the molecule is Cc1ncc2c(n1)C1(CCCN(C3CCN(c4ccccc4C)CC3)C1)CC2. The molecule has 2 aromatic rings. The summed E-state index contributed by atoms with van der Waals surface area (Å²) in [6.07, 6.45) is 9.68. The van der Waals surface area contributed by atoms with E-state index in [-0.39, 0.29) is 5.41 Å². The van der Waals surface area contributed by atoms with Crippen LogP contribution in [0.4, 0.5) is 5.69 Å². The summed E-state index contributed by atoms with van der Waals surface area (Å²) in [6, 6.07) is 9.55. The number of hydrogen-bond donors (Lipinski definition) is 0. The molecule has 1 atom stereocenters. The molecule has 3 aliphatic rings. The Morgan fingerprint density at radius 3 is 2.68 bits per heavy atom. The van der Waals surface area contributed by atoms with E-state index in [9.17, 15) is 0 Å². The Kier molecular flexibility index (Phi) is 4.62. The third kappa shape index (κ3) is 3.12. The van der Waals surface area contributed by atoms with Crippen LogP contribution in [0.2, 0.25) is 0 Å². The number of para-hydroxylation sites is 1. The second-order valence-electron chi connectivity index (χ2n) is 9.15. The number of fused-ring (bicyclic) bond motifs is 2. The molecule has 2 saturated heterocycles. The van der Waals surface area contributed by atoms with E-state index in [1.54, 1.807) is 0 Å². The zero-order valence-electron chi connectivity index (χ0n) is 17.3. The summed E-state index contributed by atoms with van der Waals surface area (Å²) < 4.78 is 0. The van der Waals surface area contributed by atoms with Gasteiger partial charge in [-0.2, -0.15) is 0 Å². The Morgan fingerprint density at radius 1 is 1.04 bits per heavy atom. The van der Waals surface area contributed by atoms with Crippen molar-refractivity contribution in [3.8, 4) is 0 Å². The van der Waals surface area contributed by atoms with Gasteiger partial charge in [0.1, 0.15) is 5.82 Å². The molecule has 0 N–H and O–H groups in total. The van der Waals surface area contributed by atoms with Crippen molar-refractivity contribution < 1.29 is 0 Å². The zero-order valence-corrected chi connectivity index (χ0v) is 17.3. The second kappa shape index (κ2) is 7.14. The lowest BCUT2D eigenvalue weighted by Crippen LogP contribution is -2.52. The molecule has 0 radical (unpaired) electrons. The second-order valence-corrected chi connectivity index (χ2v) is 9.15. The van der Waals surface area contributed by atoms with Crippen molar-refractivity contribution in [2.45, 2.75) is 63.8 Å². The smallest absolute Gasteiger partial charge is 0.125 e. The summed E-state index contributed by atoms with van der Waals surface area (Å²) in [4.78, 5) is 14.8. The predicted octanol–water partition coefficient (Wildman–Crippen LogP) is 4.04. The van der Waals surface area contributed by atoms with E-state index in [0.29, 0.717) is 0 Å². The van der Waals surface area contributed by atoms with Crippen molar-refractivity contribution in [2.75, 3.05) is 31.1 Å². The number of likely N-dealkylation sites (tertiary alicyclic amines) is 1. The van der Waals surface area contributed by atoms with E-state index in [4.69, 9.17) is 4.98 Å². The third-order valence-corrected chi connectivity index (χ3v) is 7.40. The fourth-order valence-electron chi connectivity index (χ4n) is 5.90. The fraction of sp³-hybridized carbons (Fsp3) is 0.583. The Labute approximate surface area is 169 Å². The van der Waals surface area contributed by atoms with Crippen LogP contribution in [0.25, 0.3) is 0 Å². The topological polar surface area (TPSA) is 32.3 Å². The average Bonchev–Trinajstić information content (AvgIpc) is 3.06. The molecule has 1 unspecified atom stereocenters. The number of hydrogen-bond acceptors (Lipinski definition) is 4. The molecular weight excluding hydrogens is 344 g/mol. The first kappa shape index (κ1) is 18.1. The number of anilines is 1. The summed E-state index contributed by atoms with van der Waals surface area (Å²) in [6.45, 7) is 9.08. The summed E-state index contributed by atoms with van der Waals surface area (Å²) in [5.74, 6) is 0.934. The van der Waals surface area contributed by atoms with Crippen molar-refractivity contribution in [3.05, 3.63) is 53.1 Å². The van der Waals surface area contributed by atoms with E-state index in [0.717, 1.165) is 18.3 Å². The van der Waals surface area contributed by atoms with Gasteiger partial charge in [-0.25, -0.2) is 9.97 Å². The molecule has 1 aromatic heterocycles. The highest BCUT2D eigenvalue weighted by Crippen LogP contribution is 2.44. The lowest BCUT2D eigenvalue weighted by atomic mass is 9.76. The van der Waals surface area contributed by atoms with E-state index in [2.05, 4.69) is 52.2 Å². The van der Waals surface area contributed by atoms with E-state index in [1.807, 2.05) is 6.92 Å². The van der Waals surface area contributed by atoms with Gasteiger partial charge in [0.05, 0.1) is 5.69 Å². The lowest BCUT2D eigenvalue weighted by molar-refractivity contribution is 0.0860. The fourth-order valence-corrected chi connectivity index (χ4v) is 5.90. The molecule has 2 fully saturated rings. The maximum absolute atomic E-state index is 4.93. The van der Waals surface area contributed by atoms with Crippen LogP contribution < -0.4 is 4.90 Å². The summed E-state index contributed by atoms with van der Waals surface area (Å²) >= 11 is 0. The normalized spacial score (nSPS) is 26.0. The van der Waals surface area contributed by atoms with Crippen LogP contribution in [-0.4, -0.2) is 47.1 Å². The van der Waals surface area contributed by atoms with Crippen LogP contribution in [0.15, 0.2) is 30.5 Å². The van der Waals surface area contributed by atoms with Crippen LogP contribution in [0.3, 0.4) is 0 Å². The van der Waals surface area contributed by atoms with Gasteiger partial charge in [-0.15, -0.1) is 0 Å². The minimum Gasteiger partial charge on any atom is -0.371 e. The van der Waals surface area contributed by atoms with Gasteiger partial charge in [0.2, 0.25) is 0 Å². The van der Waals surface area contributed by atoms with E-state index >= 15 is 0 Å². The van der Waals surface area contributed by atoms with Crippen LogP contribution in [0.5, 0.6) is 0 Å². The Balaban J connectivity index is 1.29. The average molecular weight is 377 g/mol. The van der Waals surface area contributed by atoms with E-state index in [1.165, 1.54) is 80.8 Å². The predicted molar refractivity (Wildman–Crippen MR) is 114 cm³/mol. The maximum atomic E-state index is 4.93. The summed E-state index contributed by atoms with van der Waals surface area (Å²) in [5, 5.41) is 0. The standard InChI is InChI=1S/C24H32N4/c1-18-6-3-4-7-22(18)27-14-9-21(10-15-27)28-13-5-11-24(17-28)12-8-20-16-25-19(2)26-23(20)24/h3-4,6-7,16,21H,5,8-15,17H2,1-2H3. The molecular formula is C24H32N4. The Bertz CT molecular complexity index is 851. The van der Waals surface area contributed by atoms with Crippen molar-refractivity contribution in [1.82, 2.24) is 14.9 Å². The van der Waals surface area contributed by atoms with Gasteiger partial charge >= 0.3 is 0 Å². The molecule has 28 heavy (non-hydrogen) atoms. The van der Waals surface area contributed by atoms with Crippen LogP contribution in [-0.2, 0) is 11.8 Å². The minimum atomic E-state index is 0.286. The molecule has 1 aromatic carbocycles. The van der Waals surface area contributed by atoms with Crippen molar-refractivity contribution >= 4 is 5.69 Å². The molecule has 3 heterocycles. The molecule has 4 nitrogen and oxygen atoms in total. The molecule has 0 bridgehead atoms. The van der Waals surface area contributed by atoms with Gasteiger partial charge in [0.15, 0.2) is 0 Å². The number of benzene rings is 1. The summed E-state index contributed by atoms with van der Waals surface area (Å²) in [7, 11) is 0. The quantitative estimate of drug-likeness (QED) is 0.792. The minimum absolute atomic E-state index is 0.286. The number of piperidine rings is 2. The highest BCUT2D eigenvalue weighted by atomic mass is 15.2. The van der Waals surface area contributed by atoms with Gasteiger partial charge in [-0.1, -0.05) is 18.2 Å². The number of nitrogens with zero attached hydrogens (tertiary/aromatic N) is 4. The van der Waals surface area contributed by atoms with Gasteiger partial charge < -0.3 is 4.90 Å². The largest absolute Gasteiger partial charge is 0.371 e. The first-order valence-electron chi connectivity index (χ1n) is 11.0. The third-order valence-electron chi connectivity index (χ3n) is 7.40. The van der Waals surface area contributed by atoms with Crippen molar-refractivity contribution in [3.63, 3.8) is 0 Å². The van der Waals surface area contributed by atoms with E-state index < -0.39 is 0 Å². The first-order valence-corrected chi connectivity index (χ1v) is 11.0. The number of rotatable bonds is 2. The maximum Gasteiger partial charge on any atom is 0.125 e. The molecule has 0 amide bonds. The molecule has 1 spiro atoms. The van der Waals surface area contributed by atoms with Gasteiger partial charge in [-0.3, -0.25) is 4.90 Å². The molecule has 0 saturated carbocycles. The molecule has 5 rings (SSSR count). The van der Waals surface area contributed by atoms with Crippen molar-refractivity contribution in [2.24, 2.45) is 0 Å². The van der Waals surface area contributed by atoms with Gasteiger partial charge in [0, 0.05) is 43.0 Å². The summed E-state index contributed by atoms with van der Waals surface area (Å²) in [5.41, 5.74) is 5.89. The number of aromatic nitrogens is 2. The monoisotopic (exact) mass is 376 g/mol. The highest BCUT2D eigenvalue weighted by Gasteiger charge is 2.45. The number of aryl methyl sites for hydroxylation is 3. The van der Waals surface area contributed by atoms with Crippen LogP contribution in [0, 0.1) is 13.8 Å². The van der Waals surface area contributed by atoms with Crippen LogP contribution >= 0.6 is 0 Å². The van der Waals surface area contributed by atoms with Crippen LogP contribution in [0.1, 0.15) is 54.7 Å². The Hall–Kier alpha value is -1.94. The molecule has 2 aliphatic heterocycles. The van der Waals surface area contributed by atoms with Gasteiger partial charge in [0.25, 0.3) is 0 Å². The van der Waals surface area contributed by atoms with Gasteiger partial charge in [-0.05, 0) is 76.1 Å². The highest BCUT2D eigenvalue weighted by molar-refractivity contribution is 5.53. The lowest BCUT2D eigenvalue weighted by Gasteiger charge is -2.46. The molecule has 1 aliphatic carbocycles. The molecule has 4 heteroatoms. The Morgan fingerprint density at radius 2 is 1.86 bits per heavy atom. The zero-order chi connectivity index (χ0) is 19.1. The molecule has 148 valence electrons.